The number of anilines is 1. The lowest BCUT2D eigenvalue weighted by molar-refractivity contribution is 1.03. The van der Waals surface area contributed by atoms with Crippen molar-refractivity contribution >= 4 is 48.6 Å². The largest absolute Gasteiger partial charge is 0.378 e. The van der Waals surface area contributed by atoms with Crippen molar-refractivity contribution in [3.63, 3.8) is 0 Å². The summed E-state index contributed by atoms with van der Waals surface area (Å²) in [7, 11) is 0. The molecule has 0 aliphatic rings. The van der Waals surface area contributed by atoms with E-state index in [0.717, 1.165) is 31.5 Å². The Morgan fingerprint density at radius 2 is 1.90 bits per heavy atom. The molecule has 20 heavy (non-hydrogen) atoms. The molecule has 2 heterocycles. The molecule has 0 aliphatic heterocycles. The predicted octanol–water partition coefficient (Wildman–Crippen LogP) is 3.39. The van der Waals surface area contributed by atoms with Gasteiger partial charge in [-0.2, -0.15) is 0 Å². The number of nitrogens with one attached hydrogen (secondary N) is 3. The van der Waals surface area contributed by atoms with E-state index in [-0.39, 0.29) is 5.69 Å². The van der Waals surface area contributed by atoms with Crippen LogP contribution < -0.4 is 11.0 Å². The average Bonchev–Trinajstić information content (AvgIpc) is 2.75. The van der Waals surface area contributed by atoms with Gasteiger partial charge in [0, 0.05) is 4.47 Å². The van der Waals surface area contributed by atoms with Crippen LogP contribution >= 0.6 is 31.9 Å². The van der Waals surface area contributed by atoms with Crippen LogP contribution in [0.2, 0.25) is 0 Å². The van der Waals surface area contributed by atoms with E-state index in [2.05, 4.69) is 52.1 Å². The molecule has 0 amide bonds. The molecule has 0 aliphatic carbocycles. The number of hydrogen-bond donors (Lipinski definition) is 3. The van der Waals surface area contributed by atoms with Crippen molar-refractivity contribution in [3.05, 3.63) is 55.6 Å². The van der Waals surface area contributed by atoms with Gasteiger partial charge in [-0.25, -0.2) is 9.78 Å². The van der Waals surface area contributed by atoms with E-state index < -0.39 is 0 Å². The number of fused-ring (bicyclic) bond motifs is 1. The highest BCUT2D eigenvalue weighted by Gasteiger charge is 2.05. The van der Waals surface area contributed by atoms with Crippen LogP contribution in [0, 0.1) is 0 Å². The Bertz CT molecular complexity index is 825. The van der Waals surface area contributed by atoms with Gasteiger partial charge in [-0.05, 0) is 56.1 Å². The Balaban J connectivity index is 1.86. The van der Waals surface area contributed by atoms with Crippen molar-refractivity contribution in [1.82, 2.24) is 15.0 Å². The fourth-order valence-electron chi connectivity index (χ4n) is 1.93. The molecule has 0 saturated carbocycles. The van der Waals surface area contributed by atoms with E-state index in [4.69, 9.17) is 0 Å². The van der Waals surface area contributed by atoms with E-state index >= 15 is 0 Å². The van der Waals surface area contributed by atoms with E-state index in [9.17, 15) is 4.79 Å². The lowest BCUT2D eigenvalue weighted by atomic mass is 10.2. The minimum absolute atomic E-state index is 0.210. The molecule has 0 spiro atoms. The van der Waals surface area contributed by atoms with Crippen molar-refractivity contribution < 1.29 is 0 Å². The number of pyridine rings is 1. The number of imidazole rings is 1. The van der Waals surface area contributed by atoms with Gasteiger partial charge in [0.05, 0.1) is 29.0 Å². The molecule has 2 aromatic heterocycles. The van der Waals surface area contributed by atoms with Gasteiger partial charge < -0.3 is 15.3 Å². The first-order valence-electron chi connectivity index (χ1n) is 5.89. The maximum atomic E-state index is 11.3. The molecule has 102 valence electrons. The number of H-pyrrole nitrogens is 2. The van der Waals surface area contributed by atoms with Crippen molar-refractivity contribution in [1.29, 1.82) is 0 Å². The Labute approximate surface area is 131 Å². The number of nitrogens with zero attached hydrogens (tertiary/aromatic N) is 1. The lowest BCUT2D eigenvalue weighted by Gasteiger charge is -2.08. The van der Waals surface area contributed by atoms with Crippen molar-refractivity contribution in [2.45, 2.75) is 6.54 Å². The van der Waals surface area contributed by atoms with Crippen LogP contribution in [0.25, 0.3) is 11.0 Å². The van der Waals surface area contributed by atoms with Crippen molar-refractivity contribution in [3.8, 4) is 0 Å². The number of hydrogen-bond acceptors (Lipinski definition) is 3. The zero-order valence-electron chi connectivity index (χ0n) is 10.2. The highest BCUT2D eigenvalue weighted by Crippen LogP contribution is 2.26. The summed E-state index contributed by atoms with van der Waals surface area (Å²) in [4.78, 5) is 21.1. The van der Waals surface area contributed by atoms with E-state index in [1.165, 1.54) is 0 Å². The predicted molar refractivity (Wildman–Crippen MR) is 85.9 cm³/mol. The molecule has 3 N–H and O–H groups in total. The summed E-state index contributed by atoms with van der Waals surface area (Å²) >= 11 is 6.83. The first kappa shape index (κ1) is 13.4. The van der Waals surface area contributed by atoms with Crippen LogP contribution in [0.1, 0.15) is 5.69 Å². The van der Waals surface area contributed by atoms with Gasteiger partial charge in [-0.3, -0.25) is 0 Å². The lowest BCUT2D eigenvalue weighted by Crippen LogP contribution is -2.02. The molecule has 3 aromatic rings. The quantitative estimate of drug-likeness (QED) is 0.593. The number of aromatic nitrogens is 3. The molecular weight excluding hydrogens is 388 g/mol. The number of benzene rings is 1. The zero-order chi connectivity index (χ0) is 14.1. The summed E-state index contributed by atoms with van der Waals surface area (Å²) in [6.45, 7) is 0.595. The molecule has 0 atom stereocenters. The molecule has 0 radical (unpaired) electrons. The summed E-state index contributed by atoms with van der Waals surface area (Å²) < 4.78 is 1.69. The molecule has 0 bridgehead atoms. The zero-order valence-corrected chi connectivity index (χ0v) is 13.4. The van der Waals surface area contributed by atoms with Gasteiger partial charge in [0.2, 0.25) is 0 Å². The molecule has 0 unspecified atom stereocenters. The first-order valence-corrected chi connectivity index (χ1v) is 7.47. The molecule has 0 fully saturated rings. The molecule has 0 saturated heterocycles. The van der Waals surface area contributed by atoms with Gasteiger partial charge in [-0.1, -0.05) is 6.07 Å². The number of aromatic amines is 2. The maximum absolute atomic E-state index is 11.3. The van der Waals surface area contributed by atoms with Crippen LogP contribution in [0.5, 0.6) is 0 Å². The smallest absolute Gasteiger partial charge is 0.323 e. The third-order valence-electron chi connectivity index (χ3n) is 2.84. The molecule has 7 heteroatoms. The van der Waals surface area contributed by atoms with Gasteiger partial charge in [0.25, 0.3) is 0 Å². The minimum atomic E-state index is -0.210. The van der Waals surface area contributed by atoms with Crippen molar-refractivity contribution in [2.24, 2.45) is 0 Å². The molecule has 1 aromatic carbocycles. The maximum Gasteiger partial charge on any atom is 0.323 e. The summed E-state index contributed by atoms with van der Waals surface area (Å²) in [6.07, 6.45) is 0. The third-order valence-corrected chi connectivity index (χ3v) is 3.93. The monoisotopic (exact) mass is 396 g/mol. The highest BCUT2D eigenvalue weighted by molar-refractivity contribution is 9.10. The van der Waals surface area contributed by atoms with Crippen LogP contribution in [0.15, 0.2) is 44.2 Å². The fourth-order valence-corrected chi connectivity index (χ4v) is 2.79. The van der Waals surface area contributed by atoms with Crippen LogP contribution in [0.4, 0.5) is 5.69 Å². The minimum Gasteiger partial charge on any atom is -0.378 e. The molecular formula is C13H10Br2N4O. The Morgan fingerprint density at radius 1 is 1.15 bits per heavy atom. The van der Waals surface area contributed by atoms with E-state index in [1.54, 1.807) is 0 Å². The Morgan fingerprint density at radius 3 is 2.65 bits per heavy atom. The summed E-state index contributed by atoms with van der Waals surface area (Å²) in [5.74, 6) is 0. The normalized spacial score (nSPS) is 10.9. The van der Waals surface area contributed by atoms with Crippen LogP contribution in [-0.4, -0.2) is 15.0 Å². The number of rotatable bonds is 3. The van der Waals surface area contributed by atoms with Crippen molar-refractivity contribution in [2.75, 3.05) is 5.32 Å². The van der Waals surface area contributed by atoms with Gasteiger partial charge in [0.15, 0.2) is 0 Å². The fraction of sp³-hybridized carbons (Fsp3) is 0.0769. The average molecular weight is 398 g/mol. The SMILES string of the molecule is O=c1[nH]c2cc(Br)c(NCc3cccc(Br)n3)cc2[nH]1. The van der Waals surface area contributed by atoms with Gasteiger partial charge in [-0.15, -0.1) is 0 Å². The second-order valence-corrected chi connectivity index (χ2v) is 5.93. The highest BCUT2D eigenvalue weighted by atomic mass is 79.9. The first-order chi connectivity index (χ1) is 9.61. The standard InChI is InChI=1S/C13H10Br2N4O/c14-8-4-10-11(19-13(20)18-10)5-9(8)16-6-7-2-1-3-12(15)17-7/h1-5,16H,6H2,(H2,18,19,20). The van der Waals surface area contributed by atoms with Crippen LogP contribution in [0.3, 0.4) is 0 Å². The van der Waals surface area contributed by atoms with E-state index in [1.807, 2.05) is 30.3 Å². The van der Waals surface area contributed by atoms with E-state index in [0.29, 0.717) is 6.54 Å². The molecule has 3 rings (SSSR count). The second-order valence-electron chi connectivity index (χ2n) is 4.26. The van der Waals surface area contributed by atoms with Crippen LogP contribution in [-0.2, 0) is 6.54 Å². The van der Waals surface area contributed by atoms with Gasteiger partial charge in [0.1, 0.15) is 4.60 Å². The summed E-state index contributed by atoms with van der Waals surface area (Å²) in [5, 5.41) is 3.29. The summed E-state index contributed by atoms with van der Waals surface area (Å²) in [5.41, 5.74) is 3.15. The molecule has 5 nitrogen and oxygen atoms in total. The summed E-state index contributed by atoms with van der Waals surface area (Å²) in [6, 6.07) is 9.52. The number of halogens is 2. The van der Waals surface area contributed by atoms with Gasteiger partial charge >= 0.3 is 5.69 Å². The Hall–Kier alpha value is -1.60. The topological polar surface area (TPSA) is 73.6 Å². The second kappa shape index (κ2) is 5.41. The Kier molecular flexibility index (Phi) is 3.62. The third kappa shape index (κ3) is 2.78.